The molecule has 0 radical (unpaired) electrons. The minimum absolute atomic E-state index is 0.00128. The van der Waals surface area contributed by atoms with Crippen molar-refractivity contribution in [3.8, 4) is 5.75 Å². The maximum atomic E-state index is 12.4. The maximum absolute atomic E-state index is 12.4. The predicted molar refractivity (Wildman–Crippen MR) is 98.6 cm³/mol. The molecular weight excluding hydrogens is 300 g/mol. The third-order valence-electron chi connectivity index (χ3n) is 4.06. The topological polar surface area (TPSA) is 50.4 Å². The number of ether oxygens (including phenoxy) is 1. The fourth-order valence-electron chi connectivity index (χ4n) is 2.62. The van der Waals surface area contributed by atoms with Gasteiger partial charge in [-0.2, -0.15) is 0 Å². The molecule has 2 aromatic carbocycles. The fraction of sp³-hybridized carbons (Fsp3) is 0.350. The van der Waals surface area contributed by atoms with Crippen LogP contribution in [0.25, 0.3) is 0 Å². The van der Waals surface area contributed by atoms with Crippen LogP contribution in [0.3, 0.4) is 0 Å². The number of anilines is 1. The molecule has 2 rings (SSSR count). The number of nitrogens with one attached hydrogen (secondary N) is 2. The lowest BCUT2D eigenvalue weighted by atomic mass is 10.0. The molecule has 4 nitrogen and oxygen atoms in total. The molecule has 0 fully saturated rings. The number of carbonyl (C=O) groups excluding carboxylic acids is 1. The quantitative estimate of drug-likeness (QED) is 0.844. The Bertz CT molecular complexity index is 695. The smallest absolute Gasteiger partial charge is 0.241 e. The summed E-state index contributed by atoms with van der Waals surface area (Å²) >= 11 is 0. The number of benzene rings is 2. The van der Waals surface area contributed by atoms with Gasteiger partial charge in [0.2, 0.25) is 5.91 Å². The van der Waals surface area contributed by atoms with Gasteiger partial charge in [-0.1, -0.05) is 35.4 Å². The third-order valence-corrected chi connectivity index (χ3v) is 4.06. The van der Waals surface area contributed by atoms with Crippen molar-refractivity contribution in [3.05, 3.63) is 59.2 Å². The molecule has 2 unspecified atom stereocenters. The van der Waals surface area contributed by atoms with Crippen LogP contribution in [0.15, 0.2) is 42.5 Å². The Balaban J connectivity index is 2.02. The van der Waals surface area contributed by atoms with Crippen molar-refractivity contribution in [1.29, 1.82) is 0 Å². The van der Waals surface area contributed by atoms with Gasteiger partial charge in [0.15, 0.2) is 0 Å². The highest BCUT2D eigenvalue weighted by Gasteiger charge is 2.18. The Hall–Kier alpha value is -2.33. The molecule has 24 heavy (non-hydrogen) atoms. The van der Waals surface area contributed by atoms with Crippen LogP contribution in [-0.4, -0.2) is 19.1 Å². The normalized spacial score (nSPS) is 13.2. The number of methoxy groups -OCH3 is 1. The van der Waals surface area contributed by atoms with Gasteiger partial charge in [-0.05, 0) is 45.9 Å². The molecule has 128 valence electrons. The van der Waals surface area contributed by atoms with Crippen molar-refractivity contribution < 1.29 is 9.53 Å². The summed E-state index contributed by atoms with van der Waals surface area (Å²) in [5.41, 5.74) is 4.18. The van der Waals surface area contributed by atoms with Crippen molar-refractivity contribution in [2.45, 2.75) is 39.8 Å². The van der Waals surface area contributed by atoms with E-state index in [1.807, 2.05) is 64.1 Å². The minimum atomic E-state index is -0.327. The number of aryl methyl sites for hydroxylation is 2. The standard InChI is InChI=1S/C20H26N2O2/c1-13-6-9-17(10-7-13)22-20(23)16(4)21-15(3)18-12-14(2)8-11-19(18)24-5/h6-12,15-16,21H,1-5H3,(H,22,23). The molecule has 2 atom stereocenters. The Morgan fingerprint density at radius 1 is 1.00 bits per heavy atom. The van der Waals surface area contributed by atoms with E-state index in [1.165, 1.54) is 5.56 Å². The molecule has 1 amide bonds. The molecular formula is C20H26N2O2. The Kier molecular flexibility index (Phi) is 5.99. The van der Waals surface area contributed by atoms with E-state index in [1.54, 1.807) is 7.11 Å². The average Bonchev–Trinajstić information content (AvgIpc) is 2.56. The van der Waals surface area contributed by atoms with Crippen LogP contribution in [0.4, 0.5) is 5.69 Å². The van der Waals surface area contributed by atoms with Crippen LogP contribution in [-0.2, 0) is 4.79 Å². The van der Waals surface area contributed by atoms with Gasteiger partial charge in [-0.3, -0.25) is 10.1 Å². The predicted octanol–water partition coefficient (Wildman–Crippen LogP) is 3.99. The van der Waals surface area contributed by atoms with Crippen molar-refractivity contribution in [3.63, 3.8) is 0 Å². The molecule has 0 aromatic heterocycles. The first kappa shape index (κ1) is 18.0. The van der Waals surface area contributed by atoms with Gasteiger partial charge < -0.3 is 10.1 Å². The Morgan fingerprint density at radius 2 is 1.62 bits per heavy atom. The van der Waals surface area contributed by atoms with Crippen molar-refractivity contribution in [1.82, 2.24) is 5.32 Å². The first-order chi connectivity index (χ1) is 11.4. The second kappa shape index (κ2) is 7.97. The van der Waals surface area contributed by atoms with E-state index < -0.39 is 0 Å². The van der Waals surface area contributed by atoms with Crippen molar-refractivity contribution >= 4 is 11.6 Å². The van der Waals surface area contributed by atoms with Crippen LogP contribution < -0.4 is 15.4 Å². The second-order valence-electron chi connectivity index (χ2n) is 6.21. The van der Waals surface area contributed by atoms with Gasteiger partial charge in [0.1, 0.15) is 5.75 Å². The average molecular weight is 326 g/mol. The molecule has 0 saturated carbocycles. The van der Waals surface area contributed by atoms with Crippen LogP contribution in [0.1, 0.15) is 36.6 Å². The van der Waals surface area contributed by atoms with Gasteiger partial charge in [-0.15, -0.1) is 0 Å². The van der Waals surface area contributed by atoms with E-state index in [9.17, 15) is 4.79 Å². The van der Waals surface area contributed by atoms with E-state index >= 15 is 0 Å². The summed E-state index contributed by atoms with van der Waals surface area (Å²) in [7, 11) is 1.66. The molecule has 0 heterocycles. The highest BCUT2D eigenvalue weighted by Crippen LogP contribution is 2.26. The van der Waals surface area contributed by atoms with Crippen LogP contribution in [0, 0.1) is 13.8 Å². The number of amides is 1. The summed E-state index contributed by atoms with van der Waals surface area (Å²) in [5, 5.41) is 6.27. The number of hydrogen-bond acceptors (Lipinski definition) is 3. The lowest BCUT2D eigenvalue weighted by Gasteiger charge is -2.22. The zero-order chi connectivity index (χ0) is 17.7. The van der Waals surface area contributed by atoms with Crippen LogP contribution in [0.2, 0.25) is 0 Å². The van der Waals surface area contributed by atoms with E-state index in [2.05, 4.69) is 16.7 Å². The highest BCUT2D eigenvalue weighted by atomic mass is 16.5. The van der Waals surface area contributed by atoms with Gasteiger partial charge >= 0.3 is 0 Å². The molecule has 0 bridgehead atoms. The minimum Gasteiger partial charge on any atom is -0.496 e. The maximum Gasteiger partial charge on any atom is 0.241 e. The summed E-state index contributed by atoms with van der Waals surface area (Å²) in [6.45, 7) is 7.96. The monoisotopic (exact) mass is 326 g/mol. The lowest BCUT2D eigenvalue weighted by Crippen LogP contribution is -2.39. The van der Waals surface area contributed by atoms with E-state index in [0.29, 0.717) is 0 Å². The fourth-order valence-corrected chi connectivity index (χ4v) is 2.62. The number of carbonyl (C=O) groups is 1. The van der Waals surface area contributed by atoms with Crippen LogP contribution >= 0.6 is 0 Å². The summed E-state index contributed by atoms with van der Waals surface area (Å²) in [6, 6.07) is 13.5. The van der Waals surface area contributed by atoms with E-state index in [0.717, 1.165) is 22.6 Å². The molecule has 0 aliphatic rings. The zero-order valence-electron chi connectivity index (χ0n) is 15.0. The SMILES string of the molecule is COc1ccc(C)cc1C(C)NC(C)C(=O)Nc1ccc(C)cc1. The van der Waals surface area contributed by atoms with Gasteiger partial charge in [-0.25, -0.2) is 0 Å². The Labute approximate surface area is 144 Å². The molecule has 4 heteroatoms. The second-order valence-corrected chi connectivity index (χ2v) is 6.21. The highest BCUT2D eigenvalue weighted by molar-refractivity contribution is 5.94. The Morgan fingerprint density at radius 3 is 2.25 bits per heavy atom. The zero-order valence-corrected chi connectivity index (χ0v) is 15.0. The lowest BCUT2D eigenvalue weighted by molar-refractivity contribution is -0.117. The number of hydrogen-bond donors (Lipinski definition) is 2. The third kappa shape index (κ3) is 4.59. The summed E-state index contributed by atoms with van der Waals surface area (Å²) in [4.78, 5) is 12.4. The largest absolute Gasteiger partial charge is 0.496 e. The molecule has 2 aromatic rings. The van der Waals surface area contributed by atoms with Gasteiger partial charge in [0.05, 0.1) is 13.2 Å². The molecule has 0 aliphatic heterocycles. The first-order valence-corrected chi connectivity index (χ1v) is 8.19. The van der Waals surface area contributed by atoms with E-state index in [-0.39, 0.29) is 18.0 Å². The van der Waals surface area contributed by atoms with Crippen LogP contribution in [0.5, 0.6) is 5.75 Å². The summed E-state index contributed by atoms with van der Waals surface area (Å²) < 4.78 is 5.43. The van der Waals surface area contributed by atoms with Gasteiger partial charge in [0.25, 0.3) is 0 Å². The molecule has 2 N–H and O–H groups in total. The summed E-state index contributed by atoms with van der Waals surface area (Å²) in [5.74, 6) is 0.768. The molecule has 0 spiro atoms. The number of rotatable bonds is 6. The molecule has 0 aliphatic carbocycles. The molecule has 0 saturated heterocycles. The van der Waals surface area contributed by atoms with Gasteiger partial charge in [0, 0.05) is 17.3 Å². The first-order valence-electron chi connectivity index (χ1n) is 8.19. The van der Waals surface area contributed by atoms with Crippen molar-refractivity contribution in [2.24, 2.45) is 0 Å². The van der Waals surface area contributed by atoms with Crippen molar-refractivity contribution in [2.75, 3.05) is 12.4 Å². The summed E-state index contributed by atoms with van der Waals surface area (Å²) in [6.07, 6.45) is 0. The van der Waals surface area contributed by atoms with E-state index in [4.69, 9.17) is 4.74 Å².